The molecule has 0 bridgehead atoms. The molecule has 0 aliphatic carbocycles. The van der Waals surface area contributed by atoms with Crippen molar-refractivity contribution in [1.29, 1.82) is 0 Å². The molecule has 0 N–H and O–H groups in total. The summed E-state index contributed by atoms with van der Waals surface area (Å²) in [4.78, 5) is 39.6. The summed E-state index contributed by atoms with van der Waals surface area (Å²) < 4.78 is 6.46. The number of ketones is 1. The van der Waals surface area contributed by atoms with Gasteiger partial charge in [-0.25, -0.2) is 4.79 Å². The molecule has 0 atom stereocenters. The van der Waals surface area contributed by atoms with Gasteiger partial charge in [0.05, 0.1) is 12.2 Å². The summed E-state index contributed by atoms with van der Waals surface area (Å²) in [6.45, 7) is 3.22. The maximum absolute atomic E-state index is 13.2. The van der Waals surface area contributed by atoms with Gasteiger partial charge in [-0.1, -0.05) is 11.6 Å². The summed E-state index contributed by atoms with van der Waals surface area (Å²) in [6, 6.07) is 8.17. The number of rotatable bonds is 5. The van der Waals surface area contributed by atoms with E-state index in [0.29, 0.717) is 28.5 Å². The second kappa shape index (κ2) is 8.44. The number of halogens is 1. The Morgan fingerprint density at radius 2 is 1.93 bits per heavy atom. The number of hydrogen-bond donors (Lipinski definition) is 0. The first kappa shape index (κ1) is 19.9. The van der Waals surface area contributed by atoms with E-state index in [4.69, 9.17) is 16.3 Å². The quantitative estimate of drug-likeness (QED) is 0.438. The molecule has 7 heteroatoms. The van der Waals surface area contributed by atoms with E-state index >= 15 is 0 Å². The number of fused-ring (bicyclic) bond motifs is 1. The lowest BCUT2D eigenvalue weighted by Crippen LogP contribution is -2.37. The van der Waals surface area contributed by atoms with Gasteiger partial charge in [-0.05, 0) is 49.8 Å². The van der Waals surface area contributed by atoms with Crippen LogP contribution in [0.15, 0.2) is 41.2 Å². The first-order valence-electron chi connectivity index (χ1n) is 9.06. The molecule has 2 aromatic rings. The number of carbonyl (C=O) groups is 2. The molecule has 3 rings (SSSR count). The van der Waals surface area contributed by atoms with E-state index in [0.717, 1.165) is 13.0 Å². The normalized spacial score (nSPS) is 13.5. The molecule has 6 nitrogen and oxygen atoms in total. The van der Waals surface area contributed by atoms with Gasteiger partial charge in [-0.15, -0.1) is 0 Å². The van der Waals surface area contributed by atoms with Crippen LogP contribution in [0.1, 0.15) is 34.8 Å². The van der Waals surface area contributed by atoms with Crippen LogP contribution in [0.2, 0.25) is 5.02 Å². The van der Waals surface area contributed by atoms with Crippen LogP contribution in [0.25, 0.3) is 6.08 Å². The molecule has 28 heavy (non-hydrogen) atoms. The highest BCUT2D eigenvalue weighted by Gasteiger charge is 2.25. The molecule has 0 saturated carbocycles. The summed E-state index contributed by atoms with van der Waals surface area (Å²) in [7, 11) is 1.86. The van der Waals surface area contributed by atoms with Gasteiger partial charge < -0.3 is 9.64 Å². The summed E-state index contributed by atoms with van der Waals surface area (Å²) in [5, 5.41) is 0.540. The molecule has 0 amide bonds. The van der Waals surface area contributed by atoms with Crippen LogP contribution >= 0.6 is 11.6 Å². The van der Waals surface area contributed by atoms with E-state index in [1.54, 1.807) is 41.8 Å². The fourth-order valence-corrected chi connectivity index (χ4v) is 3.39. The first-order valence-corrected chi connectivity index (χ1v) is 9.44. The smallest absolute Gasteiger partial charge is 0.330 e. The second-order valence-electron chi connectivity index (χ2n) is 6.49. The number of anilines is 1. The Labute approximate surface area is 168 Å². The Morgan fingerprint density at radius 3 is 2.61 bits per heavy atom. The Hall–Kier alpha value is -2.86. The zero-order chi connectivity index (χ0) is 20.3. The summed E-state index contributed by atoms with van der Waals surface area (Å²) in [5.74, 6) is -0.156. The van der Waals surface area contributed by atoms with Crippen LogP contribution < -0.4 is 10.5 Å². The topological polar surface area (TPSA) is 68.6 Å². The minimum absolute atomic E-state index is 0.208. The lowest BCUT2D eigenvalue weighted by atomic mass is 10.0. The molecule has 1 aromatic carbocycles. The zero-order valence-electron chi connectivity index (χ0n) is 15.8. The van der Waals surface area contributed by atoms with Crippen LogP contribution in [-0.4, -0.2) is 36.5 Å². The Kier molecular flexibility index (Phi) is 5.99. The molecule has 0 radical (unpaired) electrons. The molecular formula is C21H21ClN2O4. The lowest BCUT2D eigenvalue weighted by molar-refractivity contribution is -0.137. The minimum atomic E-state index is -0.535. The number of aromatic nitrogens is 1. The van der Waals surface area contributed by atoms with Gasteiger partial charge in [-0.2, -0.15) is 0 Å². The highest BCUT2D eigenvalue weighted by molar-refractivity contribution is 6.30. The van der Waals surface area contributed by atoms with Crippen molar-refractivity contribution in [2.75, 3.05) is 25.1 Å². The third-order valence-corrected chi connectivity index (χ3v) is 4.81. The molecule has 146 valence electrons. The number of esters is 1. The van der Waals surface area contributed by atoms with Crippen LogP contribution in [-0.2, 0) is 16.1 Å². The van der Waals surface area contributed by atoms with Gasteiger partial charge >= 0.3 is 5.97 Å². The van der Waals surface area contributed by atoms with Crippen LogP contribution in [0, 0.1) is 0 Å². The molecule has 0 spiro atoms. The van der Waals surface area contributed by atoms with Crippen molar-refractivity contribution in [2.45, 2.75) is 19.9 Å². The van der Waals surface area contributed by atoms with E-state index in [1.807, 2.05) is 11.9 Å². The van der Waals surface area contributed by atoms with Crippen molar-refractivity contribution < 1.29 is 14.3 Å². The molecule has 0 fully saturated rings. The molecule has 2 heterocycles. The average molecular weight is 401 g/mol. The number of hydrogen-bond acceptors (Lipinski definition) is 5. The molecule has 0 saturated heterocycles. The van der Waals surface area contributed by atoms with E-state index in [-0.39, 0.29) is 23.5 Å². The molecule has 1 aromatic heterocycles. The number of nitrogens with zero attached hydrogens (tertiary/aromatic N) is 2. The van der Waals surface area contributed by atoms with E-state index in [2.05, 4.69) is 0 Å². The number of ether oxygens (including phenoxy) is 1. The van der Waals surface area contributed by atoms with E-state index in [9.17, 15) is 14.4 Å². The van der Waals surface area contributed by atoms with Gasteiger partial charge in [0.15, 0.2) is 5.78 Å². The highest BCUT2D eigenvalue weighted by Crippen LogP contribution is 2.26. The predicted molar refractivity (Wildman–Crippen MR) is 109 cm³/mol. The zero-order valence-corrected chi connectivity index (χ0v) is 16.5. The molecular weight excluding hydrogens is 380 g/mol. The molecule has 0 unspecified atom stereocenters. The van der Waals surface area contributed by atoms with Crippen molar-refractivity contribution in [3.05, 3.63) is 68.5 Å². The predicted octanol–water partition coefficient (Wildman–Crippen LogP) is 3.15. The van der Waals surface area contributed by atoms with Gasteiger partial charge in [0, 0.05) is 42.4 Å². The van der Waals surface area contributed by atoms with E-state index < -0.39 is 5.97 Å². The third-order valence-electron chi connectivity index (χ3n) is 4.56. The standard InChI is InChI=1S/C21H21ClN2O4/c1-3-28-18(25)10-7-15-13-17(19(26)14-5-8-16(22)9-6-14)20-23(2)11-4-12-24(20)21(15)27/h5-10,13H,3-4,11-12H2,1-2H3/b10-7+. The van der Waals surface area contributed by atoms with Crippen LogP contribution in [0.4, 0.5) is 5.82 Å². The van der Waals surface area contributed by atoms with Gasteiger partial charge in [0.25, 0.3) is 5.56 Å². The maximum Gasteiger partial charge on any atom is 0.330 e. The van der Waals surface area contributed by atoms with E-state index in [1.165, 1.54) is 12.2 Å². The Morgan fingerprint density at radius 1 is 1.21 bits per heavy atom. The van der Waals surface area contributed by atoms with Crippen molar-refractivity contribution in [3.63, 3.8) is 0 Å². The van der Waals surface area contributed by atoms with Crippen molar-refractivity contribution in [3.8, 4) is 0 Å². The highest BCUT2D eigenvalue weighted by atomic mass is 35.5. The Balaban J connectivity index is 2.13. The molecule has 1 aliphatic rings. The largest absolute Gasteiger partial charge is 0.463 e. The fraction of sp³-hybridized carbons (Fsp3) is 0.286. The third kappa shape index (κ3) is 4.02. The average Bonchev–Trinajstić information content (AvgIpc) is 2.68. The molecule has 1 aliphatic heterocycles. The SMILES string of the molecule is CCOC(=O)/C=C/c1cc(C(=O)c2ccc(Cl)cc2)c2n(c1=O)CCCN2C. The van der Waals surface area contributed by atoms with Crippen molar-refractivity contribution >= 4 is 35.2 Å². The number of carbonyl (C=O) groups excluding carboxylic acids is 2. The van der Waals surface area contributed by atoms with Crippen LogP contribution in [0.3, 0.4) is 0 Å². The van der Waals surface area contributed by atoms with Gasteiger partial charge in [0.2, 0.25) is 0 Å². The second-order valence-corrected chi connectivity index (χ2v) is 6.93. The minimum Gasteiger partial charge on any atom is -0.463 e. The summed E-state index contributed by atoms with van der Waals surface area (Å²) in [5.41, 5.74) is 0.914. The van der Waals surface area contributed by atoms with Crippen molar-refractivity contribution in [1.82, 2.24) is 4.57 Å². The van der Waals surface area contributed by atoms with Gasteiger partial charge in [0.1, 0.15) is 5.82 Å². The fourth-order valence-electron chi connectivity index (χ4n) is 3.26. The summed E-state index contributed by atoms with van der Waals surface area (Å²) >= 11 is 5.93. The maximum atomic E-state index is 13.2. The monoisotopic (exact) mass is 400 g/mol. The summed E-state index contributed by atoms with van der Waals surface area (Å²) in [6.07, 6.45) is 3.40. The number of pyridine rings is 1. The van der Waals surface area contributed by atoms with Crippen molar-refractivity contribution in [2.24, 2.45) is 0 Å². The Bertz CT molecular complexity index is 993. The van der Waals surface area contributed by atoms with Crippen LogP contribution in [0.5, 0.6) is 0 Å². The first-order chi connectivity index (χ1) is 13.4. The number of benzene rings is 1. The lowest BCUT2D eigenvalue weighted by Gasteiger charge is -2.31. The van der Waals surface area contributed by atoms with Gasteiger partial charge in [-0.3, -0.25) is 14.2 Å².